The van der Waals surface area contributed by atoms with E-state index >= 15 is 0 Å². The van der Waals surface area contributed by atoms with Gasteiger partial charge in [0.05, 0.1) is 6.26 Å². The van der Waals surface area contributed by atoms with Crippen molar-refractivity contribution in [3.05, 3.63) is 34.9 Å². The van der Waals surface area contributed by atoms with Crippen molar-refractivity contribution in [2.24, 2.45) is 5.92 Å². The van der Waals surface area contributed by atoms with Crippen molar-refractivity contribution in [3.8, 4) is 0 Å². The maximum Gasteiger partial charge on any atom is 0.226 e. The standard InChI is InChI=1S/C16H23ClN2O3S/c1-3-18(12-14-6-4-5-7-15(14)17)16(20)13-8-10-19(11-9-13)23(2,21)22/h4-7,13H,3,8-12H2,1-2H3. The van der Waals surface area contributed by atoms with Crippen LogP contribution in [0, 0.1) is 5.92 Å². The zero-order valence-corrected chi connectivity index (χ0v) is 15.1. The van der Waals surface area contributed by atoms with Crippen LogP contribution in [0.3, 0.4) is 0 Å². The first kappa shape index (κ1) is 18.2. The van der Waals surface area contributed by atoms with E-state index in [-0.39, 0.29) is 11.8 Å². The fourth-order valence-corrected chi connectivity index (χ4v) is 3.94. The monoisotopic (exact) mass is 358 g/mol. The molecule has 23 heavy (non-hydrogen) atoms. The average Bonchev–Trinajstić information content (AvgIpc) is 2.53. The van der Waals surface area contributed by atoms with E-state index in [1.54, 1.807) is 4.90 Å². The summed E-state index contributed by atoms with van der Waals surface area (Å²) in [7, 11) is -3.16. The summed E-state index contributed by atoms with van der Waals surface area (Å²) in [5, 5.41) is 0.658. The van der Waals surface area contributed by atoms with Crippen molar-refractivity contribution in [2.75, 3.05) is 25.9 Å². The van der Waals surface area contributed by atoms with Crippen molar-refractivity contribution in [3.63, 3.8) is 0 Å². The van der Waals surface area contributed by atoms with Crippen molar-refractivity contribution in [1.29, 1.82) is 0 Å². The van der Waals surface area contributed by atoms with Gasteiger partial charge in [-0.15, -0.1) is 0 Å². The van der Waals surface area contributed by atoms with E-state index in [0.29, 0.717) is 44.0 Å². The van der Waals surface area contributed by atoms with Gasteiger partial charge in [-0.1, -0.05) is 29.8 Å². The van der Waals surface area contributed by atoms with Gasteiger partial charge in [-0.2, -0.15) is 0 Å². The number of carbonyl (C=O) groups is 1. The van der Waals surface area contributed by atoms with Gasteiger partial charge < -0.3 is 4.90 Å². The molecule has 0 spiro atoms. The van der Waals surface area contributed by atoms with Crippen molar-refractivity contribution < 1.29 is 13.2 Å². The van der Waals surface area contributed by atoms with E-state index in [2.05, 4.69) is 0 Å². The minimum Gasteiger partial charge on any atom is -0.338 e. The largest absolute Gasteiger partial charge is 0.338 e. The fraction of sp³-hybridized carbons (Fsp3) is 0.562. The van der Waals surface area contributed by atoms with Crippen LogP contribution in [0.2, 0.25) is 5.02 Å². The van der Waals surface area contributed by atoms with Crippen LogP contribution in [0.4, 0.5) is 0 Å². The molecule has 0 unspecified atom stereocenters. The summed E-state index contributed by atoms with van der Waals surface area (Å²) < 4.78 is 24.5. The lowest BCUT2D eigenvalue weighted by Crippen LogP contribution is -2.43. The van der Waals surface area contributed by atoms with Crippen LogP contribution in [0.1, 0.15) is 25.3 Å². The second-order valence-corrected chi connectivity index (χ2v) is 8.27. The second-order valence-electron chi connectivity index (χ2n) is 5.88. The molecule has 0 aromatic heterocycles. The van der Waals surface area contributed by atoms with Gasteiger partial charge in [0, 0.05) is 37.1 Å². The predicted octanol–water partition coefficient (Wildman–Crippen LogP) is 2.36. The number of hydrogen-bond donors (Lipinski definition) is 0. The van der Waals surface area contributed by atoms with Gasteiger partial charge >= 0.3 is 0 Å². The molecule has 0 saturated carbocycles. The number of carbonyl (C=O) groups excluding carboxylic acids is 1. The highest BCUT2D eigenvalue weighted by Crippen LogP contribution is 2.23. The Labute approximate surface area is 143 Å². The number of sulfonamides is 1. The lowest BCUT2D eigenvalue weighted by Gasteiger charge is -2.33. The normalized spacial score (nSPS) is 17.2. The number of rotatable bonds is 5. The number of nitrogens with zero attached hydrogens (tertiary/aromatic N) is 2. The van der Waals surface area contributed by atoms with Gasteiger partial charge in [0.25, 0.3) is 0 Å². The molecule has 7 heteroatoms. The summed E-state index contributed by atoms with van der Waals surface area (Å²) in [5.41, 5.74) is 0.929. The molecular weight excluding hydrogens is 336 g/mol. The lowest BCUT2D eigenvalue weighted by atomic mass is 9.96. The van der Waals surface area contributed by atoms with Crippen molar-refractivity contribution >= 4 is 27.5 Å². The Kier molecular flexibility index (Phi) is 6.06. The van der Waals surface area contributed by atoms with Gasteiger partial charge in [0.2, 0.25) is 15.9 Å². The van der Waals surface area contributed by atoms with E-state index in [0.717, 1.165) is 5.56 Å². The molecule has 0 aliphatic carbocycles. The maximum atomic E-state index is 12.7. The van der Waals surface area contributed by atoms with Gasteiger partial charge in [0.1, 0.15) is 0 Å². The third-order valence-electron chi connectivity index (χ3n) is 4.28. The van der Waals surface area contributed by atoms with E-state index in [9.17, 15) is 13.2 Å². The molecule has 0 radical (unpaired) electrons. The number of piperidine rings is 1. The van der Waals surface area contributed by atoms with Gasteiger partial charge in [-0.3, -0.25) is 4.79 Å². The second kappa shape index (κ2) is 7.64. The Bertz CT molecular complexity index is 655. The summed E-state index contributed by atoms with van der Waals surface area (Å²) in [6.07, 6.45) is 2.36. The summed E-state index contributed by atoms with van der Waals surface area (Å²) in [4.78, 5) is 14.5. The molecule has 0 N–H and O–H groups in total. The van der Waals surface area contributed by atoms with Crippen molar-refractivity contribution in [1.82, 2.24) is 9.21 Å². The van der Waals surface area contributed by atoms with E-state index in [4.69, 9.17) is 11.6 Å². The van der Waals surface area contributed by atoms with Crippen LogP contribution in [0.15, 0.2) is 24.3 Å². The number of benzene rings is 1. The molecule has 1 fully saturated rings. The molecule has 1 amide bonds. The molecule has 1 heterocycles. The van der Waals surface area contributed by atoms with Crippen LogP contribution >= 0.6 is 11.6 Å². The van der Waals surface area contributed by atoms with E-state index < -0.39 is 10.0 Å². The summed E-state index contributed by atoms with van der Waals surface area (Å²) in [6.45, 7) is 3.87. The smallest absolute Gasteiger partial charge is 0.226 e. The third kappa shape index (κ3) is 4.68. The van der Waals surface area contributed by atoms with Gasteiger partial charge in [-0.05, 0) is 31.4 Å². The zero-order chi connectivity index (χ0) is 17.0. The molecular formula is C16H23ClN2O3S. The third-order valence-corrected chi connectivity index (χ3v) is 5.96. The SMILES string of the molecule is CCN(Cc1ccccc1Cl)C(=O)C1CCN(S(C)(=O)=O)CC1. The topological polar surface area (TPSA) is 57.7 Å². The van der Waals surface area contributed by atoms with Gasteiger partial charge in [-0.25, -0.2) is 12.7 Å². The van der Waals surface area contributed by atoms with Crippen LogP contribution < -0.4 is 0 Å². The first-order valence-corrected chi connectivity index (χ1v) is 10.0. The Morgan fingerprint density at radius 3 is 2.43 bits per heavy atom. The number of halogens is 1. The number of amides is 1. The Morgan fingerprint density at radius 2 is 1.91 bits per heavy atom. The average molecular weight is 359 g/mol. The Balaban J connectivity index is 2.00. The first-order valence-electron chi connectivity index (χ1n) is 7.80. The molecule has 5 nitrogen and oxygen atoms in total. The molecule has 1 aliphatic heterocycles. The highest BCUT2D eigenvalue weighted by atomic mass is 35.5. The Morgan fingerprint density at radius 1 is 1.30 bits per heavy atom. The van der Waals surface area contributed by atoms with Crippen molar-refractivity contribution in [2.45, 2.75) is 26.3 Å². The molecule has 1 aliphatic rings. The van der Waals surface area contributed by atoms with E-state index in [1.165, 1.54) is 10.6 Å². The minimum atomic E-state index is -3.16. The summed E-state index contributed by atoms with van der Waals surface area (Å²) >= 11 is 6.17. The number of hydrogen-bond acceptors (Lipinski definition) is 3. The quantitative estimate of drug-likeness (QED) is 0.811. The molecule has 1 aromatic rings. The molecule has 0 bridgehead atoms. The molecule has 1 aromatic carbocycles. The van der Waals surface area contributed by atoms with Crippen LogP contribution in [-0.4, -0.2) is 49.4 Å². The highest BCUT2D eigenvalue weighted by Gasteiger charge is 2.31. The first-order chi connectivity index (χ1) is 10.8. The highest BCUT2D eigenvalue weighted by molar-refractivity contribution is 7.88. The fourth-order valence-electron chi connectivity index (χ4n) is 2.87. The van der Waals surface area contributed by atoms with E-state index in [1.807, 2.05) is 31.2 Å². The molecule has 0 atom stereocenters. The minimum absolute atomic E-state index is 0.0839. The zero-order valence-electron chi connectivity index (χ0n) is 13.5. The van der Waals surface area contributed by atoms with Crippen LogP contribution in [0.5, 0.6) is 0 Å². The molecule has 1 saturated heterocycles. The molecule has 128 valence electrons. The summed E-state index contributed by atoms with van der Waals surface area (Å²) in [6, 6.07) is 7.51. The maximum absolute atomic E-state index is 12.7. The Hall–Kier alpha value is -1.11. The van der Waals surface area contributed by atoms with Crippen LogP contribution in [0.25, 0.3) is 0 Å². The molecule has 2 rings (SSSR count). The lowest BCUT2D eigenvalue weighted by molar-refractivity contribution is -0.137. The van der Waals surface area contributed by atoms with Gasteiger partial charge in [0.15, 0.2) is 0 Å². The summed E-state index contributed by atoms with van der Waals surface area (Å²) in [5.74, 6) is -0.0315. The van der Waals surface area contributed by atoms with Crippen LogP contribution in [-0.2, 0) is 21.4 Å². The predicted molar refractivity (Wildman–Crippen MR) is 91.7 cm³/mol.